The lowest BCUT2D eigenvalue weighted by Crippen LogP contribution is -2.20. The molecular formula is C18H17N3O3. The lowest BCUT2D eigenvalue weighted by atomic mass is 10.1. The maximum atomic E-state index is 12.5. The van der Waals surface area contributed by atoms with Crippen LogP contribution >= 0.6 is 0 Å². The van der Waals surface area contributed by atoms with Gasteiger partial charge in [0.1, 0.15) is 0 Å². The van der Waals surface area contributed by atoms with Crippen molar-refractivity contribution in [3.05, 3.63) is 59.8 Å². The summed E-state index contributed by atoms with van der Waals surface area (Å²) in [5.41, 5.74) is 2.67. The SMILES string of the molecule is CCOC(=O)c1cccc(NC(=O)n2ncc3c(C)cccc32)c1. The third kappa shape index (κ3) is 2.99. The summed E-state index contributed by atoms with van der Waals surface area (Å²) in [5, 5.41) is 7.82. The molecule has 0 saturated carbocycles. The molecule has 0 saturated heterocycles. The zero-order valence-electron chi connectivity index (χ0n) is 13.4. The van der Waals surface area contributed by atoms with Gasteiger partial charge in [-0.2, -0.15) is 9.78 Å². The van der Waals surface area contributed by atoms with Gasteiger partial charge < -0.3 is 10.1 Å². The van der Waals surface area contributed by atoms with Crippen molar-refractivity contribution in [1.82, 2.24) is 9.78 Å². The highest BCUT2D eigenvalue weighted by Crippen LogP contribution is 2.18. The summed E-state index contributed by atoms with van der Waals surface area (Å²) in [5.74, 6) is -0.422. The zero-order valence-corrected chi connectivity index (χ0v) is 13.4. The van der Waals surface area contributed by atoms with Crippen molar-refractivity contribution in [3.63, 3.8) is 0 Å². The van der Waals surface area contributed by atoms with Crippen LogP contribution in [-0.2, 0) is 4.74 Å². The number of aryl methyl sites for hydroxylation is 1. The van der Waals surface area contributed by atoms with E-state index in [1.807, 2.05) is 25.1 Å². The van der Waals surface area contributed by atoms with Crippen molar-refractivity contribution in [2.24, 2.45) is 0 Å². The van der Waals surface area contributed by atoms with Crippen LogP contribution in [0.1, 0.15) is 22.8 Å². The van der Waals surface area contributed by atoms with Gasteiger partial charge in [0.15, 0.2) is 0 Å². The highest BCUT2D eigenvalue weighted by Gasteiger charge is 2.13. The average molecular weight is 323 g/mol. The maximum absolute atomic E-state index is 12.5. The summed E-state index contributed by atoms with van der Waals surface area (Å²) in [6.07, 6.45) is 1.67. The number of aromatic nitrogens is 2. The summed E-state index contributed by atoms with van der Waals surface area (Å²) in [7, 11) is 0. The molecule has 0 radical (unpaired) electrons. The lowest BCUT2D eigenvalue weighted by molar-refractivity contribution is 0.0526. The molecule has 0 aliphatic rings. The molecular weight excluding hydrogens is 306 g/mol. The van der Waals surface area contributed by atoms with Crippen LogP contribution in [0.25, 0.3) is 10.9 Å². The van der Waals surface area contributed by atoms with E-state index in [9.17, 15) is 9.59 Å². The Hall–Kier alpha value is -3.15. The third-order valence-corrected chi connectivity index (χ3v) is 3.65. The second kappa shape index (κ2) is 6.54. The summed E-state index contributed by atoms with van der Waals surface area (Å²) in [4.78, 5) is 24.3. The van der Waals surface area contributed by atoms with Crippen molar-refractivity contribution in [2.75, 3.05) is 11.9 Å². The van der Waals surface area contributed by atoms with Gasteiger partial charge in [-0.1, -0.05) is 18.2 Å². The number of ether oxygens (including phenoxy) is 1. The second-order valence-corrected chi connectivity index (χ2v) is 5.30. The van der Waals surface area contributed by atoms with Crippen molar-refractivity contribution in [3.8, 4) is 0 Å². The first-order chi connectivity index (χ1) is 11.6. The molecule has 0 atom stereocenters. The molecule has 3 rings (SSSR count). The third-order valence-electron chi connectivity index (χ3n) is 3.65. The van der Waals surface area contributed by atoms with Crippen LogP contribution in [0.2, 0.25) is 0 Å². The van der Waals surface area contributed by atoms with Gasteiger partial charge in [0, 0.05) is 11.1 Å². The summed E-state index contributed by atoms with van der Waals surface area (Å²) in [6.45, 7) is 4.01. The molecule has 0 aliphatic carbocycles. The number of esters is 1. The fraction of sp³-hybridized carbons (Fsp3) is 0.167. The predicted molar refractivity (Wildman–Crippen MR) is 91.3 cm³/mol. The van der Waals surface area contributed by atoms with Gasteiger partial charge in [-0.3, -0.25) is 0 Å². The first-order valence-electron chi connectivity index (χ1n) is 7.62. The van der Waals surface area contributed by atoms with Gasteiger partial charge in [-0.25, -0.2) is 9.59 Å². The van der Waals surface area contributed by atoms with E-state index in [2.05, 4.69) is 10.4 Å². The van der Waals surface area contributed by atoms with E-state index in [1.165, 1.54) is 4.68 Å². The Balaban J connectivity index is 1.85. The number of fused-ring (bicyclic) bond motifs is 1. The highest BCUT2D eigenvalue weighted by molar-refractivity contribution is 5.99. The molecule has 0 unspecified atom stereocenters. The van der Waals surface area contributed by atoms with E-state index in [4.69, 9.17) is 4.74 Å². The number of nitrogens with zero attached hydrogens (tertiary/aromatic N) is 2. The first-order valence-corrected chi connectivity index (χ1v) is 7.62. The zero-order chi connectivity index (χ0) is 17.1. The molecule has 3 aromatic rings. The van der Waals surface area contributed by atoms with E-state index in [-0.39, 0.29) is 0 Å². The first kappa shape index (κ1) is 15.7. The number of nitrogens with one attached hydrogen (secondary N) is 1. The maximum Gasteiger partial charge on any atom is 0.347 e. The van der Waals surface area contributed by atoms with Crippen LogP contribution in [0.15, 0.2) is 48.7 Å². The monoisotopic (exact) mass is 323 g/mol. The quantitative estimate of drug-likeness (QED) is 0.747. The van der Waals surface area contributed by atoms with Crippen LogP contribution in [0.5, 0.6) is 0 Å². The number of carbonyl (C=O) groups is 2. The molecule has 24 heavy (non-hydrogen) atoms. The number of benzene rings is 2. The number of carbonyl (C=O) groups excluding carboxylic acids is 2. The standard InChI is InChI=1S/C18H17N3O3/c1-3-24-17(22)13-7-5-8-14(10-13)20-18(23)21-16-9-4-6-12(2)15(16)11-19-21/h4-11H,3H2,1-2H3,(H,20,23). The molecule has 122 valence electrons. The minimum atomic E-state index is -0.422. The van der Waals surface area contributed by atoms with Crippen molar-refractivity contribution in [1.29, 1.82) is 0 Å². The van der Waals surface area contributed by atoms with Gasteiger partial charge >= 0.3 is 12.0 Å². The smallest absolute Gasteiger partial charge is 0.347 e. The van der Waals surface area contributed by atoms with Crippen LogP contribution in [0.3, 0.4) is 0 Å². The minimum absolute atomic E-state index is 0.300. The molecule has 0 aliphatic heterocycles. The van der Waals surface area contributed by atoms with Crippen molar-refractivity contribution < 1.29 is 14.3 Å². The van der Waals surface area contributed by atoms with Gasteiger partial charge in [0.2, 0.25) is 0 Å². The molecule has 0 fully saturated rings. The van der Waals surface area contributed by atoms with E-state index in [0.717, 1.165) is 16.5 Å². The molecule has 1 N–H and O–H groups in total. The molecule has 0 bridgehead atoms. The van der Waals surface area contributed by atoms with Crippen molar-refractivity contribution in [2.45, 2.75) is 13.8 Å². The Morgan fingerprint density at radius 1 is 1.21 bits per heavy atom. The number of rotatable bonds is 3. The second-order valence-electron chi connectivity index (χ2n) is 5.30. The Bertz CT molecular complexity index is 915. The molecule has 2 aromatic carbocycles. The number of amides is 1. The molecule has 0 spiro atoms. The summed E-state index contributed by atoms with van der Waals surface area (Å²) in [6, 6.07) is 11.9. The normalized spacial score (nSPS) is 10.6. The Labute approximate surface area is 139 Å². The van der Waals surface area contributed by atoms with E-state index in [0.29, 0.717) is 17.9 Å². The molecule has 1 aromatic heterocycles. The topological polar surface area (TPSA) is 73.2 Å². The summed E-state index contributed by atoms with van der Waals surface area (Å²) < 4.78 is 6.27. The molecule has 6 nitrogen and oxygen atoms in total. The Morgan fingerprint density at radius 3 is 2.79 bits per heavy atom. The highest BCUT2D eigenvalue weighted by atomic mass is 16.5. The fourth-order valence-corrected chi connectivity index (χ4v) is 2.47. The number of anilines is 1. The predicted octanol–water partition coefficient (Wildman–Crippen LogP) is 3.60. The van der Waals surface area contributed by atoms with Crippen molar-refractivity contribution >= 4 is 28.6 Å². The summed E-state index contributed by atoms with van der Waals surface area (Å²) >= 11 is 0. The average Bonchev–Trinajstić information content (AvgIpc) is 3.01. The van der Waals surface area contributed by atoms with Gasteiger partial charge in [0.05, 0.1) is 23.9 Å². The van der Waals surface area contributed by atoms with E-state index >= 15 is 0 Å². The van der Waals surface area contributed by atoms with E-state index < -0.39 is 12.0 Å². The van der Waals surface area contributed by atoms with Gasteiger partial charge in [-0.15, -0.1) is 0 Å². The lowest BCUT2D eigenvalue weighted by Gasteiger charge is -2.08. The Morgan fingerprint density at radius 2 is 2.00 bits per heavy atom. The Kier molecular flexibility index (Phi) is 4.29. The largest absolute Gasteiger partial charge is 0.462 e. The molecule has 6 heteroatoms. The number of hydrogen-bond donors (Lipinski definition) is 1. The van der Waals surface area contributed by atoms with E-state index in [1.54, 1.807) is 37.4 Å². The molecule has 1 heterocycles. The van der Waals surface area contributed by atoms with Gasteiger partial charge in [-0.05, 0) is 43.7 Å². The molecule has 1 amide bonds. The minimum Gasteiger partial charge on any atom is -0.462 e. The van der Waals surface area contributed by atoms with Crippen LogP contribution in [-0.4, -0.2) is 28.4 Å². The van der Waals surface area contributed by atoms with Crippen LogP contribution in [0.4, 0.5) is 10.5 Å². The number of hydrogen-bond acceptors (Lipinski definition) is 4. The fourth-order valence-electron chi connectivity index (χ4n) is 2.47. The van der Waals surface area contributed by atoms with Crippen LogP contribution in [0, 0.1) is 6.92 Å². The van der Waals surface area contributed by atoms with Gasteiger partial charge in [0.25, 0.3) is 0 Å². The van der Waals surface area contributed by atoms with Crippen LogP contribution < -0.4 is 5.32 Å².